The Morgan fingerprint density at radius 1 is 2.00 bits per heavy atom. The highest BCUT2D eigenvalue weighted by Crippen LogP contribution is 1.92. The quantitative estimate of drug-likeness (QED) is 0.521. The largest absolute Gasteiger partial charge is 0.440 e. The normalized spacial score (nSPS) is 8.57. The molecule has 0 N–H and O–H groups in total. The highest BCUT2D eigenvalue weighted by atomic mass is 16.3. The third-order valence-corrected chi connectivity index (χ3v) is 0.616. The fourth-order valence-corrected chi connectivity index (χ4v) is 0.286. The SMILES string of the molecule is C=Cc1co[c]n1. The molecular weight excluding hydrogens is 90.1 g/mol. The summed E-state index contributed by atoms with van der Waals surface area (Å²) >= 11 is 0. The van der Waals surface area contributed by atoms with Crippen molar-refractivity contribution in [3.63, 3.8) is 0 Å². The van der Waals surface area contributed by atoms with Crippen molar-refractivity contribution in [2.45, 2.75) is 0 Å². The van der Waals surface area contributed by atoms with E-state index in [1.54, 1.807) is 6.08 Å². The second kappa shape index (κ2) is 1.60. The molecule has 1 heterocycles. The van der Waals surface area contributed by atoms with Crippen LogP contribution < -0.4 is 0 Å². The molecular formula is C5H4NO. The third-order valence-electron chi connectivity index (χ3n) is 0.616. The van der Waals surface area contributed by atoms with Gasteiger partial charge in [0.1, 0.15) is 12.0 Å². The van der Waals surface area contributed by atoms with Gasteiger partial charge in [-0.25, -0.2) is 4.98 Å². The van der Waals surface area contributed by atoms with Gasteiger partial charge in [-0.2, -0.15) is 0 Å². The van der Waals surface area contributed by atoms with Crippen molar-refractivity contribution in [1.82, 2.24) is 4.98 Å². The molecule has 0 aromatic carbocycles. The van der Waals surface area contributed by atoms with E-state index in [1.807, 2.05) is 0 Å². The molecule has 2 heteroatoms. The maximum absolute atomic E-state index is 4.50. The van der Waals surface area contributed by atoms with E-state index in [0.717, 1.165) is 5.69 Å². The molecule has 1 radical (unpaired) electrons. The van der Waals surface area contributed by atoms with Crippen LogP contribution in [0.2, 0.25) is 0 Å². The first-order valence-corrected chi connectivity index (χ1v) is 1.87. The smallest absolute Gasteiger partial charge is 0.284 e. The zero-order valence-corrected chi connectivity index (χ0v) is 3.72. The van der Waals surface area contributed by atoms with Gasteiger partial charge in [0.05, 0.1) is 0 Å². The first-order chi connectivity index (χ1) is 3.43. The van der Waals surface area contributed by atoms with Crippen LogP contribution in [0.5, 0.6) is 0 Å². The molecule has 7 heavy (non-hydrogen) atoms. The highest BCUT2D eigenvalue weighted by Gasteiger charge is 1.82. The van der Waals surface area contributed by atoms with Crippen molar-refractivity contribution in [2.24, 2.45) is 0 Å². The first kappa shape index (κ1) is 4.12. The fourth-order valence-electron chi connectivity index (χ4n) is 0.286. The third kappa shape index (κ3) is 0.682. The molecule has 0 saturated heterocycles. The topological polar surface area (TPSA) is 26.0 Å². The number of nitrogens with zero attached hydrogens (tertiary/aromatic N) is 1. The zero-order valence-electron chi connectivity index (χ0n) is 3.72. The molecule has 0 bridgehead atoms. The lowest BCUT2D eigenvalue weighted by Crippen LogP contribution is -1.61. The van der Waals surface area contributed by atoms with Crippen LogP contribution in [0, 0.1) is 6.39 Å². The van der Waals surface area contributed by atoms with Gasteiger partial charge in [-0.3, -0.25) is 0 Å². The van der Waals surface area contributed by atoms with Crippen LogP contribution in [-0.4, -0.2) is 4.98 Å². The van der Waals surface area contributed by atoms with Crippen LogP contribution in [0.15, 0.2) is 17.3 Å². The summed E-state index contributed by atoms with van der Waals surface area (Å²) in [6.07, 6.45) is 5.36. The Labute approximate surface area is 41.5 Å². The van der Waals surface area contributed by atoms with Crippen molar-refractivity contribution in [3.8, 4) is 0 Å². The van der Waals surface area contributed by atoms with E-state index in [0.29, 0.717) is 0 Å². The molecule has 0 atom stereocenters. The minimum atomic E-state index is 0.722. The van der Waals surface area contributed by atoms with Gasteiger partial charge >= 0.3 is 0 Å². The van der Waals surface area contributed by atoms with E-state index in [9.17, 15) is 0 Å². The summed E-state index contributed by atoms with van der Waals surface area (Å²) in [7, 11) is 0. The molecule has 1 rings (SSSR count). The molecule has 0 aliphatic rings. The number of hydrogen-bond donors (Lipinski definition) is 0. The molecule has 0 spiro atoms. The number of rotatable bonds is 1. The molecule has 0 fully saturated rings. The number of aromatic nitrogens is 1. The van der Waals surface area contributed by atoms with Crippen LogP contribution in [0.3, 0.4) is 0 Å². The Hall–Kier alpha value is -1.05. The van der Waals surface area contributed by atoms with Gasteiger partial charge in [-0.15, -0.1) is 0 Å². The Kier molecular flexibility index (Phi) is 0.941. The summed E-state index contributed by atoms with van der Waals surface area (Å²) in [6.45, 7) is 3.46. The average molecular weight is 94.1 g/mol. The standard InChI is InChI=1S/C5H4NO/c1-2-5-3-7-4-6-5/h2-3H,1H2. The molecule has 0 aliphatic carbocycles. The average Bonchev–Trinajstić information content (AvgIpc) is 2.14. The van der Waals surface area contributed by atoms with Crippen molar-refractivity contribution in [1.29, 1.82) is 0 Å². The predicted molar refractivity (Wildman–Crippen MR) is 25.4 cm³/mol. The molecule has 0 aliphatic heterocycles. The van der Waals surface area contributed by atoms with Gasteiger partial charge in [-0.05, 0) is 6.08 Å². The van der Waals surface area contributed by atoms with Gasteiger partial charge in [0, 0.05) is 0 Å². The van der Waals surface area contributed by atoms with Crippen LogP contribution in [0.1, 0.15) is 5.69 Å². The minimum Gasteiger partial charge on any atom is -0.440 e. The van der Waals surface area contributed by atoms with E-state index in [4.69, 9.17) is 0 Å². The number of hydrogen-bond acceptors (Lipinski definition) is 2. The molecule has 0 unspecified atom stereocenters. The van der Waals surface area contributed by atoms with E-state index < -0.39 is 0 Å². The second-order valence-corrected chi connectivity index (χ2v) is 1.07. The zero-order chi connectivity index (χ0) is 5.11. The molecule has 0 amide bonds. The Morgan fingerprint density at radius 2 is 2.86 bits per heavy atom. The van der Waals surface area contributed by atoms with Gasteiger partial charge in [0.25, 0.3) is 6.39 Å². The number of oxazole rings is 1. The monoisotopic (exact) mass is 94.0 g/mol. The predicted octanol–water partition coefficient (Wildman–Crippen LogP) is 1.12. The highest BCUT2D eigenvalue weighted by molar-refractivity contribution is 5.37. The van der Waals surface area contributed by atoms with Crippen molar-refractivity contribution in [3.05, 3.63) is 24.9 Å². The maximum Gasteiger partial charge on any atom is 0.284 e. The maximum atomic E-state index is 4.50. The van der Waals surface area contributed by atoms with Crippen LogP contribution in [0.25, 0.3) is 6.08 Å². The Morgan fingerprint density at radius 3 is 3.14 bits per heavy atom. The van der Waals surface area contributed by atoms with Crippen molar-refractivity contribution >= 4 is 6.08 Å². The van der Waals surface area contributed by atoms with Gasteiger partial charge < -0.3 is 4.42 Å². The summed E-state index contributed by atoms with van der Waals surface area (Å²) in [5, 5.41) is 0. The van der Waals surface area contributed by atoms with E-state index in [-0.39, 0.29) is 0 Å². The summed E-state index contributed by atoms with van der Waals surface area (Å²) in [6, 6.07) is 0. The van der Waals surface area contributed by atoms with E-state index in [1.165, 1.54) is 6.26 Å². The van der Waals surface area contributed by atoms with Gasteiger partial charge in [0.2, 0.25) is 0 Å². The molecule has 1 aromatic heterocycles. The van der Waals surface area contributed by atoms with E-state index >= 15 is 0 Å². The lowest BCUT2D eigenvalue weighted by atomic mass is 10.5. The van der Waals surface area contributed by atoms with Gasteiger partial charge in [0.15, 0.2) is 0 Å². The lowest BCUT2D eigenvalue weighted by molar-refractivity contribution is 0.547. The summed E-state index contributed by atoms with van der Waals surface area (Å²) in [4.78, 5) is 3.62. The van der Waals surface area contributed by atoms with Gasteiger partial charge in [-0.1, -0.05) is 6.58 Å². The van der Waals surface area contributed by atoms with Crippen LogP contribution in [0.4, 0.5) is 0 Å². The minimum absolute atomic E-state index is 0.722. The molecule has 2 nitrogen and oxygen atoms in total. The molecule has 35 valence electrons. The summed E-state index contributed by atoms with van der Waals surface area (Å²) in [5.74, 6) is 0. The summed E-state index contributed by atoms with van der Waals surface area (Å²) in [5.41, 5.74) is 0.722. The summed E-state index contributed by atoms with van der Waals surface area (Å²) < 4.78 is 4.50. The van der Waals surface area contributed by atoms with Crippen LogP contribution in [-0.2, 0) is 0 Å². The van der Waals surface area contributed by atoms with Crippen molar-refractivity contribution < 1.29 is 4.42 Å². The Bertz CT molecular complexity index is 143. The van der Waals surface area contributed by atoms with E-state index in [2.05, 4.69) is 22.4 Å². The van der Waals surface area contributed by atoms with Crippen molar-refractivity contribution in [2.75, 3.05) is 0 Å². The molecule has 1 aromatic rings. The first-order valence-electron chi connectivity index (χ1n) is 1.87. The second-order valence-electron chi connectivity index (χ2n) is 1.07. The lowest BCUT2D eigenvalue weighted by Gasteiger charge is -1.67. The molecule has 0 saturated carbocycles. The van der Waals surface area contributed by atoms with Crippen LogP contribution >= 0.6 is 0 Å². The Balaban J connectivity index is 2.96. The fraction of sp³-hybridized carbons (Fsp3) is 0.